The second kappa shape index (κ2) is 5.77. The molecule has 1 saturated heterocycles. The van der Waals surface area contributed by atoms with Crippen molar-refractivity contribution in [3.8, 4) is 0 Å². The lowest BCUT2D eigenvalue weighted by Gasteiger charge is -2.18. The summed E-state index contributed by atoms with van der Waals surface area (Å²) < 4.78 is 39.0. The van der Waals surface area contributed by atoms with E-state index in [4.69, 9.17) is 5.11 Å². The highest BCUT2D eigenvalue weighted by Crippen LogP contribution is 2.38. The van der Waals surface area contributed by atoms with Gasteiger partial charge in [0, 0.05) is 30.2 Å². The fourth-order valence-corrected chi connectivity index (χ4v) is 2.94. The zero-order valence-corrected chi connectivity index (χ0v) is 12.3. The summed E-state index contributed by atoms with van der Waals surface area (Å²) in [5.74, 6) is -5.86. The maximum Gasteiger partial charge on any atom is 0.394 e. The number of carbonyl (C=O) groups excluding carboxylic acids is 1. The number of carboxylic acid groups (broad SMARTS) is 1. The number of pyridine rings is 1. The van der Waals surface area contributed by atoms with Crippen molar-refractivity contribution in [2.45, 2.75) is 6.18 Å². The van der Waals surface area contributed by atoms with Gasteiger partial charge in [0.1, 0.15) is 0 Å². The SMILES string of the molecule is O=C(O)[C@@H]1CN(C(=O)c2ccc3ncccc3c2)C[C@H]1C(F)(F)F. The number of hydrogen-bond acceptors (Lipinski definition) is 3. The predicted molar refractivity (Wildman–Crippen MR) is 78.3 cm³/mol. The van der Waals surface area contributed by atoms with Crippen LogP contribution in [-0.4, -0.2) is 46.1 Å². The highest BCUT2D eigenvalue weighted by Gasteiger charge is 2.53. The molecule has 2 aromatic rings. The van der Waals surface area contributed by atoms with Crippen LogP contribution < -0.4 is 0 Å². The van der Waals surface area contributed by atoms with E-state index in [1.807, 2.05) is 0 Å². The van der Waals surface area contributed by atoms with Crippen molar-refractivity contribution in [2.24, 2.45) is 11.8 Å². The van der Waals surface area contributed by atoms with Gasteiger partial charge in [0.2, 0.25) is 0 Å². The first kappa shape index (κ1) is 16.2. The average molecular weight is 338 g/mol. The summed E-state index contributed by atoms with van der Waals surface area (Å²) in [7, 11) is 0. The van der Waals surface area contributed by atoms with Crippen LogP contribution in [0.2, 0.25) is 0 Å². The molecule has 24 heavy (non-hydrogen) atoms. The molecule has 2 atom stereocenters. The minimum atomic E-state index is -4.66. The number of benzene rings is 1. The fraction of sp³-hybridized carbons (Fsp3) is 0.312. The molecule has 5 nitrogen and oxygen atoms in total. The molecular formula is C16H13F3N2O3. The molecule has 1 fully saturated rings. The lowest BCUT2D eigenvalue weighted by molar-refractivity contribution is -0.187. The first-order chi connectivity index (χ1) is 11.3. The minimum Gasteiger partial charge on any atom is -0.481 e. The van der Waals surface area contributed by atoms with E-state index in [1.165, 1.54) is 6.07 Å². The van der Waals surface area contributed by atoms with Crippen LogP contribution in [0.3, 0.4) is 0 Å². The van der Waals surface area contributed by atoms with Gasteiger partial charge in [0.15, 0.2) is 0 Å². The number of fused-ring (bicyclic) bond motifs is 1. The first-order valence-corrected chi connectivity index (χ1v) is 7.21. The molecular weight excluding hydrogens is 325 g/mol. The summed E-state index contributed by atoms with van der Waals surface area (Å²) in [5, 5.41) is 9.70. The Bertz CT molecular complexity index is 806. The maximum atomic E-state index is 13.0. The third kappa shape index (κ3) is 2.91. The highest BCUT2D eigenvalue weighted by molar-refractivity contribution is 5.98. The topological polar surface area (TPSA) is 70.5 Å². The van der Waals surface area contributed by atoms with Gasteiger partial charge >= 0.3 is 12.1 Å². The quantitative estimate of drug-likeness (QED) is 0.914. The summed E-state index contributed by atoms with van der Waals surface area (Å²) in [5.41, 5.74) is 0.870. The molecule has 8 heteroatoms. The number of carboxylic acids is 1. The third-order valence-corrected chi connectivity index (χ3v) is 4.19. The molecule has 0 spiro atoms. The van der Waals surface area contributed by atoms with Crippen molar-refractivity contribution in [1.82, 2.24) is 9.88 Å². The smallest absolute Gasteiger partial charge is 0.394 e. The Labute approximate surface area is 134 Å². The van der Waals surface area contributed by atoms with Crippen molar-refractivity contribution in [1.29, 1.82) is 0 Å². The predicted octanol–water partition coefficient (Wildman–Crippen LogP) is 2.57. The number of hydrogen-bond donors (Lipinski definition) is 1. The van der Waals surface area contributed by atoms with E-state index in [2.05, 4.69) is 4.98 Å². The van der Waals surface area contributed by atoms with Crippen LogP contribution in [0.1, 0.15) is 10.4 Å². The number of amides is 1. The van der Waals surface area contributed by atoms with Crippen LogP contribution in [0.25, 0.3) is 10.9 Å². The molecule has 0 aliphatic carbocycles. The van der Waals surface area contributed by atoms with Crippen LogP contribution in [-0.2, 0) is 4.79 Å². The molecule has 1 N–H and O–H groups in total. The number of aromatic nitrogens is 1. The first-order valence-electron chi connectivity index (χ1n) is 7.21. The summed E-state index contributed by atoms with van der Waals surface area (Å²) in [6.07, 6.45) is -3.07. The van der Waals surface area contributed by atoms with Crippen LogP contribution in [0.4, 0.5) is 13.2 Å². The summed E-state index contributed by atoms with van der Waals surface area (Å²) in [6, 6.07) is 8.05. The summed E-state index contributed by atoms with van der Waals surface area (Å²) in [4.78, 5) is 28.6. The molecule has 0 unspecified atom stereocenters. The minimum absolute atomic E-state index is 0.211. The van der Waals surface area contributed by atoms with E-state index >= 15 is 0 Å². The van der Waals surface area contributed by atoms with Gasteiger partial charge in [-0.3, -0.25) is 14.6 Å². The highest BCUT2D eigenvalue weighted by atomic mass is 19.4. The van der Waals surface area contributed by atoms with Crippen molar-refractivity contribution < 1.29 is 27.9 Å². The van der Waals surface area contributed by atoms with Gasteiger partial charge in [-0.15, -0.1) is 0 Å². The zero-order chi connectivity index (χ0) is 17.5. The molecule has 0 bridgehead atoms. The molecule has 0 saturated carbocycles. The van der Waals surface area contributed by atoms with Crippen LogP contribution >= 0.6 is 0 Å². The number of alkyl halides is 3. The number of nitrogens with zero attached hydrogens (tertiary/aromatic N) is 2. The van der Waals surface area contributed by atoms with Gasteiger partial charge in [0.05, 0.1) is 17.4 Å². The van der Waals surface area contributed by atoms with Crippen molar-refractivity contribution >= 4 is 22.8 Å². The normalized spacial score (nSPS) is 21.2. The van der Waals surface area contributed by atoms with Crippen LogP contribution in [0.5, 0.6) is 0 Å². The Kier molecular flexibility index (Phi) is 3.90. The van der Waals surface area contributed by atoms with E-state index < -0.39 is 43.0 Å². The molecule has 126 valence electrons. The lowest BCUT2D eigenvalue weighted by atomic mass is 9.96. The fourth-order valence-electron chi connectivity index (χ4n) is 2.94. The number of halogens is 3. The Hall–Kier alpha value is -2.64. The third-order valence-electron chi connectivity index (χ3n) is 4.19. The monoisotopic (exact) mass is 338 g/mol. The summed E-state index contributed by atoms with van der Waals surface area (Å²) in [6.45, 7) is -1.10. The Morgan fingerprint density at radius 1 is 1.21 bits per heavy atom. The van der Waals surface area contributed by atoms with Gasteiger partial charge in [-0.1, -0.05) is 6.07 Å². The molecule has 2 heterocycles. The number of rotatable bonds is 2. The van der Waals surface area contributed by atoms with E-state index in [9.17, 15) is 22.8 Å². The molecule has 0 radical (unpaired) electrons. The van der Waals surface area contributed by atoms with Gasteiger partial charge in [-0.2, -0.15) is 13.2 Å². The van der Waals surface area contributed by atoms with Gasteiger partial charge in [-0.05, 0) is 24.3 Å². The second-order valence-corrected chi connectivity index (χ2v) is 5.71. The molecule has 1 aliphatic heterocycles. The van der Waals surface area contributed by atoms with Crippen LogP contribution in [0.15, 0.2) is 36.5 Å². The van der Waals surface area contributed by atoms with E-state index in [0.717, 1.165) is 4.90 Å². The molecule has 3 rings (SSSR count). The molecule has 1 aromatic heterocycles. The Balaban J connectivity index is 1.88. The zero-order valence-electron chi connectivity index (χ0n) is 12.3. The molecule has 1 aliphatic rings. The van der Waals surface area contributed by atoms with Crippen molar-refractivity contribution in [3.63, 3.8) is 0 Å². The van der Waals surface area contributed by atoms with Crippen molar-refractivity contribution in [3.05, 3.63) is 42.1 Å². The average Bonchev–Trinajstić information content (AvgIpc) is 2.99. The largest absolute Gasteiger partial charge is 0.481 e. The standard InChI is InChI=1S/C16H13F3N2O3/c17-16(18,19)12-8-21(7-11(12)15(23)24)14(22)10-3-4-13-9(6-10)2-1-5-20-13/h1-6,11-12H,7-8H2,(H,23,24)/t11-,12-/m1/s1. The van der Waals surface area contributed by atoms with Crippen molar-refractivity contribution in [2.75, 3.05) is 13.1 Å². The number of likely N-dealkylation sites (tertiary alicyclic amines) is 1. The molecule has 1 amide bonds. The van der Waals surface area contributed by atoms with Gasteiger partial charge in [0.25, 0.3) is 5.91 Å². The Morgan fingerprint density at radius 2 is 1.96 bits per heavy atom. The van der Waals surface area contributed by atoms with E-state index in [-0.39, 0.29) is 5.56 Å². The van der Waals surface area contributed by atoms with Gasteiger partial charge < -0.3 is 10.0 Å². The lowest BCUT2D eigenvalue weighted by Crippen LogP contribution is -2.34. The second-order valence-electron chi connectivity index (χ2n) is 5.71. The van der Waals surface area contributed by atoms with E-state index in [0.29, 0.717) is 10.9 Å². The van der Waals surface area contributed by atoms with Crippen LogP contribution in [0, 0.1) is 11.8 Å². The number of aliphatic carboxylic acids is 1. The van der Waals surface area contributed by atoms with Gasteiger partial charge in [-0.25, -0.2) is 0 Å². The Morgan fingerprint density at radius 3 is 2.58 bits per heavy atom. The maximum absolute atomic E-state index is 13.0. The summed E-state index contributed by atoms with van der Waals surface area (Å²) >= 11 is 0. The number of carbonyl (C=O) groups is 2. The molecule has 1 aromatic carbocycles. The van der Waals surface area contributed by atoms with E-state index in [1.54, 1.807) is 30.5 Å².